The molecule has 146 valence electrons. The SMILES string of the molecule is Cn1ccnc1-c1cncc(C[C@H]2CCN(C(=O)c3ccc4nc[nH]c4c3)C2)n1. The quantitative estimate of drug-likeness (QED) is 0.581. The average molecular weight is 387 g/mol. The molecule has 1 aliphatic heterocycles. The minimum atomic E-state index is 0.0665. The molecule has 0 radical (unpaired) electrons. The van der Waals surface area contributed by atoms with Gasteiger partial charge in [0.2, 0.25) is 0 Å². The lowest BCUT2D eigenvalue weighted by Gasteiger charge is -2.16. The van der Waals surface area contributed by atoms with Gasteiger partial charge in [0, 0.05) is 44.3 Å². The molecule has 0 unspecified atom stereocenters. The molecule has 1 amide bonds. The van der Waals surface area contributed by atoms with Crippen molar-refractivity contribution in [2.24, 2.45) is 13.0 Å². The fourth-order valence-corrected chi connectivity index (χ4v) is 3.96. The van der Waals surface area contributed by atoms with Crippen LogP contribution in [0.5, 0.6) is 0 Å². The van der Waals surface area contributed by atoms with Crippen molar-refractivity contribution in [1.29, 1.82) is 0 Å². The molecule has 1 N–H and O–H groups in total. The lowest BCUT2D eigenvalue weighted by molar-refractivity contribution is 0.0787. The highest BCUT2D eigenvalue weighted by molar-refractivity contribution is 5.97. The Morgan fingerprint density at radius 2 is 2.21 bits per heavy atom. The fourth-order valence-electron chi connectivity index (χ4n) is 3.96. The van der Waals surface area contributed by atoms with Crippen LogP contribution in [0.3, 0.4) is 0 Å². The highest BCUT2D eigenvalue weighted by atomic mass is 16.2. The number of carbonyl (C=O) groups excluding carboxylic acids is 1. The Balaban J connectivity index is 1.27. The summed E-state index contributed by atoms with van der Waals surface area (Å²) in [5.41, 5.74) is 4.15. The van der Waals surface area contributed by atoms with Gasteiger partial charge >= 0.3 is 0 Å². The molecule has 29 heavy (non-hydrogen) atoms. The van der Waals surface area contributed by atoms with E-state index in [2.05, 4.69) is 19.9 Å². The van der Waals surface area contributed by atoms with Gasteiger partial charge in [-0.05, 0) is 37.0 Å². The van der Waals surface area contributed by atoms with Gasteiger partial charge in [-0.2, -0.15) is 0 Å². The first-order valence-electron chi connectivity index (χ1n) is 9.68. The van der Waals surface area contributed by atoms with Gasteiger partial charge in [0.25, 0.3) is 5.91 Å². The maximum Gasteiger partial charge on any atom is 0.253 e. The summed E-state index contributed by atoms with van der Waals surface area (Å²) in [7, 11) is 1.94. The summed E-state index contributed by atoms with van der Waals surface area (Å²) >= 11 is 0. The molecule has 0 aliphatic carbocycles. The first-order chi connectivity index (χ1) is 14.2. The van der Waals surface area contributed by atoms with Crippen molar-refractivity contribution in [3.05, 3.63) is 60.6 Å². The van der Waals surface area contributed by atoms with Gasteiger partial charge < -0.3 is 14.5 Å². The number of aromatic amines is 1. The van der Waals surface area contributed by atoms with Crippen molar-refractivity contribution in [1.82, 2.24) is 34.4 Å². The number of rotatable bonds is 4. The summed E-state index contributed by atoms with van der Waals surface area (Å²) in [6.45, 7) is 1.49. The zero-order valence-electron chi connectivity index (χ0n) is 16.1. The molecule has 4 aromatic rings. The summed E-state index contributed by atoms with van der Waals surface area (Å²) in [6.07, 6.45) is 10.6. The summed E-state index contributed by atoms with van der Waals surface area (Å²) in [4.78, 5) is 35.5. The van der Waals surface area contributed by atoms with E-state index >= 15 is 0 Å². The van der Waals surface area contributed by atoms with Crippen LogP contribution in [0.25, 0.3) is 22.6 Å². The second-order valence-corrected chi connectivity index (χ2v) is 7.50. The van der Waals surface area contributed by atoms with E-state index in [-0.39, 0.29) is 5.91 Å². The molecule has 0 spiro atoms. The molecule has 5 rings (SSSR count). The number of imidazole rings is 2. The van der Waals surface area contributed by atoms with Gasteiger partial charge in [0.15, 0.2) is 5.82 Å². The second-order valence-electron chi connectivity index (χ2n) is 7.50. The van der Waals surface area contributed by atoms with Gasteiger partial charge in [-0.25, -0.2) is 15.0 Å². The average Bonchev–Trinajstić information content (AvgIpc) is 3.47. The monoisotopic (exact) mass is 387 g/mol. The van der Waals surface area contributed by atoms with E-state index in [1.165, 1.54) is 0 Å². The minimum absolute atomic E-state index is 0.0665. The van der Waals surface area contributed by atoms with E-state index in [0.717, 1.165) is 54.2 Å². The first kappa shape index (κ1) is 17.5. The Morgan fingerprint density at radius 1 is 1.28 bits per heavy atom. The van der Waals surface area contributed by atoms with Gasteiger partial charge in [-0.3, -0.25) is 9.78 Å². The van der Waals surface area contributed by atoms with E-state index < -0.39 is 0 Å². The Kier molecular flexibility index (Phi) is 4.31. The maximum absolute atomic E-state index is 12.9. The molecule has 1 aromatic carbocycles. The highest BCUT2D eigenvalue weighted by Gasteiger charge is 2.27. The molecular formula is C21H21N7O. The molecule has 8 nitrogen and oxygen atoms in total. The van der Waals surface area contributed by atoms with Crippen LogP contribution in [0, 0.1) is 5.92 Å². The Labute approximate surface area is 167 Å². The molecule has 1 atom stereocenters. The van der Waals surface area contributed by atoms with Crippen LogP contribution in [-0.2, 0) is 13.5 Å². The van der Waals surface area contributed by atoms with Crippen LogP contribution >= 0.6 is 0 Å². The van der Waals surface area contributed by atoms with E-state index in [0.29, 0.717) is 11.5 Å². The number of H-pyrrole nitrogens is 1. The van der Waals surface area contributed by atoms with Crippen molar-refractivity contribution in [3.63, 3.8) is 0 Å². The summed E-state index contributed by atoms with van der Waals surface area (Å²) < 4.78 is 1.93. The van der Waals surface area contributed by atoms with Crippen LogP contribution in [0.4, 0.5) is 0 Å². The largest absolute Gasteiger partial charge is 0.345 e. The zero-order chi connectivity index (χ0) is 19.8. The number of amides is 1. The minimum Gasteiger partial charge on any atom is -0.345 e. The third kappa shape index (κ3) is 3.37. The number of fused-ring (bicyclic) bond motifs is 1. The van der Waals surface area contributed by atoms with Gasteiger partial charge in [0.1, 0.15) is 5.69 Å². The molecule has 1 aliphatic rings. The molecule has 4 heterocycles. The van der Waals surface area contributed by atoms with Crippen molar-refractivity contribution in [2.45, 2.75) is 12.8 Å². The van der Waals surface area contributed by atoms with Crippen molar-refractivity contribution < 1.29 is 4.79 Å². The number of nitrogens with zero attached hydrogens (tertiary/aromatic N) is 6. The predicted octanol–water partition coefficient (Wildman–Crippen LogP) is 2.46. The Morgan fingerprint density at radius 3 is 3.07 bits per heavy atom. The predicted molar refractivity (Wildman–Crippen MR) is 108 cm³/mol. The number of likely N-dealkylation sites (tertiary alicyclic amines) is 1. The van der Waals surface area contributed by atoms with E-state index in [9.17, 15) is 4.79 Å². The molecule has 0 saturated carbocycles. The number of hydrogen-bond donors (Lipinski definition) is 1. The topological polar surface area (TPSA) is 92.6 Å². The molecular weight excluding hydrogens is 366 g/mol. The number of nitrogens with one attached hydrogen (secondary N) is 1. The number of carbonyl (C=O) groups is 1. The number of aryl methyl sites for hydroxylation is 1. The number of aromatic nitrogens is 6. The fraction of sp³-hybridized carbons (Fsp3) is 0.286. The summed E-state index contributed by atoms with van der Waals surface area (Å²) in [5.74, 6) is 1.24. The molecule has 1 fully saturated rings. The van der Waals surface area contributed by atoms with E-state index in [1.54, 1.807) is 18.7 Å². The Bertz CT molecular complexity index is 1180. The van der Waals surface area contributed by atoms with Crippen LogP contribution in [0.2, 0.25) is 0 Å². The van der Waals surface area contributed by atoms with Gasteiger partial charge in [-0.1, -0.05) is 0 Å². The van der Waals surface area contributed by atoms with Crippen LogP contribution in [-0.4, -0.2) is 53.4 Å². The first-order valence-corrected chi connectivity index (χ1v) is 9.68. The third-order valence-electron chi connectivity index (χ3n) is 5.47. The lowest BCUT2D eigenvalue weighted by atomic mass is 10.0. The second kappa shape index (κ2) is 7.12. The van der Waals surface area contributed by atoms with Crippen LogP contribution in [0.1, 0.15) is 22.5 Å². The smallest absolute Gasteiger partial charge is 0.253 e. The number of benzene rings is 1. The van der Waals surface area contributed by atoms with E-state index in [1.807, 2.05) is 47.1 Å². The molecule has 1 saturated heterocycles. The van der Waals surface area contributed by atoms with Crippen molar-refractivity contribution in [2.75, 3.05) is 13.1 Å². The van der Waals surface area contributed by atoms with Crippen LogP contribution in [0.15, 0.2) is 49.3 Å². The summed E-state index contributed by atoms with van der Waals surface area (Å²) in [6, 6.07) is 5.60. The third-order valence-corrected chi connectivity index (χ3v) is 5.47. The van der Waals surface area contributed by atoms with Gasteiger partial charge in [0.05, 0.1) is 29.3 Å². The summed E-state index contributed by atoms with van der Waals surface area (Å²) in [5, 5.41) is 0. The standard InChI is InChI=1S/C21H21N7O/c1-27-7-5-23-20(27)19-11-22-10-16(26-19)8-14-4-6-28(12-14)21(29)15-2-3-17-18(9-15)25-13-24-17/h2-3,5,7,9-11,13-14H,4,6,8,12H2,1H3,(H,24,25)/t14-/m1/s1. The van der Waals surface area contributed by atoms with Crippen molar-refractivity contribution in [3.8, 4) is 11.5 Å². The van der Waals surface area contributed by atoms with Crippen molar-refractivity contribution >= 4 is 16.9 Å². The molecule has 3 aromatic heterocycles. The normalized spacial score (nSPS) is 16.6. The molecule has 0 bridgehead atoms. The maximum atomic E-state index is 12.9. The zero-order valence-corrected chi connectivity index (χ0v) is 16.1. The lowest BCUT2D eigenvalue weighted by Crippen LogP contribution is -2.29. The highest BCUT2D eigenvalue weighted by Crippen LogP contribution is 2.23. The number of hydrogen-bond acceptors (Lipinski definition) is 5. The van der Waals surface area contributed by atoms with E-state index in [4.69, 9.17) is 4.98 Å². The van der Waals surface area contributed by atoms with Crippen LogP contribution < -0.4 is 0 Å². The molecule has 8 heteroatoms. The Hall–Kier alpha value is -3.55. The van der Waals surface area contributed by atoms with Gasteiger partial charge in [-0.15, -0.1) is 0 Å².